The first-order chi connectivity index (χ1) is 14.0. The minimum Gasteiger partial charge on any atom is -0.478 e. The fourth-order valence-electron chi connectivity index (χ4n) is 0.842. The number of hydrogen-bond donors (Lipinski definition) is 2. The van der Waals surface area contributed by atoms with Gasteiger partial charge < -0.3 is 29.2 Å². The molecule has 0 atom stereocenters. The molecule has 0 fully saturated rings. The molecule has 30 heavy (non-hydrogen) atoms. The van der Waals surface area contributed by atoms with Crippen molar-refractivity contribution >= 4 is 23.9 Å². The Bertz CT molecular complexity index is 516. The van der Waals surface area contributed by atoms with Crippen LogP contribution in [0.5, 0.6) is 0 Å². The molecule has 0 aromatic rings. The van der Waals surface area contributed by atoms with E-state index in [0.29, 0.717) is 26.4 Å². The summed E-state index contributed by atoms with van der Waals surface area (Å²) in [7, 11) is 0. The van der Waals surface area contributed by atoms with Crippen molar-refractivity contribution in [1.29, 1.82) is 0 Å². The normalized spacial score (nSPS) is 8.73. The van der Waals surface area contributed by atoms with Gasteiger partial charge in [-0.25, -0.2) is 19.2 Å². The summed E-state index contributed by atoms with van der Waals surface area (Å²) < 4.78 is 19.6. The Morgan fingerprint density at radius 1 is 0.667 bits per heavy atom. The molecule has 0 rings (SSSR count). The highest BCUT2D eigenvalue weighted by Crippen LogP contribution is 1.85. The summed E-state index contributed by atoms with van der Waals surface area (Å²) in [5.74, 6) is -2.82. The molecule has 0 heterocycles. The summed E-state index contributed by atoms with van der Waals surface area (Å²) in [6.45, 7) is 17.4. The van der Waals surface area contributed by atoms with Crippen molar-refractivity contribution in [3.8, 4) is 0 Å². The number of ether oxygens (including phenoxy) is 4. The fourth-order valence-corrected chi connectivity index (χ4v) is 0.842. The molecule has 0 aliphatic rings. The van der Waals surface area contributed by atoms with E-state index in [4.69, 9.17) is 19.7 Å². The van der Waals surface area contributed by atoms with Crippen LogP contribution in [0.15, 0.2) is 49.6 Å². The van der Waals surface area contributed by atoms with Crippen LogP contribution in [0.25, 0.3) is 0 Å². The van der Waals surface area contributed by atoms with Gasteiger partial charge in [-0.1, -0.05) is 26.3 Å². The number of carbonyl (C=O) groups is 4. The van der Waals surface area contributed by atoms with E-state index in [1.165, 1.54) is 13.8 Å². The van der Waals surface area contributed by atoms with E-state index in [9.17, 15) is 19.2 Å². The smallest absolute Gasteiger partial charge is 0.330 e. The summed E-state index contributed by atoms with van der Waals surface area (Å²) in [4.78, 5) is 40.5. The third kappa shape index (κ3) is 29.5. The average Bonchev–Trinajstić information content (AvgIpc) is 2.69. The van der Waals surface area contributed by atoms with Crippen LogP contribution in [-0.4, -0.2) is 73.7 Å². The predicted molar refractivity (Wildman–Crippen MR) is 109 cm³/mol. The maximum Gasteiger partial charge on any atom is 0.330 e. The topological polar surface area (TPSA) is 146 Å². The monoisotopic (exact) mass is 430 g/mol. The Kier molecular flexibility index (Phi) is 23.1. The van der Waals surface area contributed by atoms with Crippen LogP contribution in [0.3, 0.4) is 0 Å². The number of carbonyl (C=O) groups excluding carboxylic acids is 2. The van der Waals surface area contributed by atoms with Crippen molar-refractivity contribution in [2.45, 2.75) is 13.8 Å². The summed E-state index contributed by atoms with van der Waals surface area (Å²) in [5.41, 5.74) is 0.352. The number of aliphatic carboxylic acids is 2. The molecule has 0 bridgehead atoms. The number of hydrogen-bond acceptors (Lipinski definition) is 8. The predicted octanol–water partition coefficient (Wildman–Crippen LogP) is 1.77. The summed E-state index contributed by atoms with van der Waals surface area (Å²) in [5, 5.41) is 15.8. The molecule has 0 saturated heterocycles. The lowest BCUT2D eigenvalue weighted by Crippen LogP contribution is -2.13. The van der Waals surface area contributed by atoms with Crippen molar-refractivity contribution in [2.75, 3.05) is 39.6 Å². The van der Waals surface area contributed by atoms with E-state index in [1.54, 1.807) is 0 Å². The minimum absolute atomic E-state index is 0.176. The van der Waals surface area contributed by atoms with E-state index in [2.05, 4.69) is 35.8 Å². The molecule has 10 nitrogen and oxygen atoms in total. The van der Waals surface area contributed by atoms with E-state index < -0.39 is 23.9 Å². The molecule has 0 amide bonds. The second-order valence-electron chi connectivity index (χ2n) is 5.14. The summed E-state index contributed by atoms with van der Waals surface area (Å²) in [6.07, 6.45) is 2.18. The molecule has 0 unspecified atom stereocenters. The van der Waals surface area contributed by atoms with Gasteiger partial charge in [0.1, 0.15) is 13.2 Å². The number of carboxylic acid groups (broad SMARTS) is 2. The van der Waals surface area contributed by atoms with Gasteiger partial charge in [0.15, 0.2) is 0 Å². The highest BCUT2D eigenvalue weighted by atomic mass is 16.6. The minimum atomic E-state index is -0.935. The third-order valence-electron chi connectivity index (χ3n) is 2.38. The highest BCUT2D eigenvalue weighted by Gasteiger charge is 1.97. The number of rotatable bonds is 13. The first-order valence-corrected chi connectivity index (χ1v) is 8.50. The largest absolute Gasteiger partial charge is 0.478 e. The van der Waals surface area contributed by atoms with Crippen LogP contribution in [-0.2, 0) is 38.1 Å². The van der Waals surface area contributed by atoms with Crippen molar-refractivity contribution in [3.63, 3.8) is 0 Å². The summed E-state index contributed by atoms with van der Waals surface area (Å²) >= 11 is 0. The zero-order valence-electron chi connectivity index (χ0n) is 17.4. The quantitative estimate of drug-likeness (QED) is 0.252. The molecule has 0 aliphatic heterocycles. The molecular formula is C20H30O10. The first-order valence-electron chi connectivity index (χ1n) is 8.50. The van der Waals surface area contributed by atoms with Gasteiger partial charge in [-0.05, 0) is 13.8 Å². The molecule has 0 aliphatic carbocycles. The van der Waals surface area contributed by atoms with Gasteiger partial charge in [0.2, 0.25) is 0 Å². The van der Waals surface area contributed by atoms with Crippen molar-refractivity contribution < 1.29 is 48.3 Å². The standard InChI is InChI=1S/C12H18O6.2C4H6O2/c1-3-11(13)17-9-7-15-5-6-16-8-10-18-12(14)4-2;2*1-3(2)4(5)6/h3-4H,1-2,5-10H2;2*1H2,2H3,(H,5,6). The Morgan fingerprint density at radius 3 is 1.10 bits per heavy atom. The van der Waals surface area contributed by atoms with Crippen LogP contribution >= 0.6 is 0 Å². The number of esters is 2. The SMILES string of the molecule is C=C(C)C(=O)O.C=C(C)C(=O)O.C=CC(=O)OCCOCCOCCOC(=O)C=C. The molecular weight excluding hydrogens is 400 g/mol. The Morgan fingerprint density at radius 2 is 0.900 bits per heavy atom. The zero-order chi connectivity index (χ0) is 23.9. The molecule has 0 saturated carbocycles. The molecule has 0 spiro atoms. The van der Waals surface area contributed by atoms with Crippen molar-refractivity contribution in [1.82, 2.24) is 0 Å². The van der Waals surface area contributed by atoms with Crippen LogP contribution in [0.4, 0.5) is 0 Å². The Hall–Kier alpha value is -3.24. The lowest BCUT2D eigenvalue weighted by Gasteiger charge is -2.06. The Labute approximate surface area is 176 Å². The van der Waals surface area contributed by atoms with Gasteiger partial charge in [0, 0.05) is 23.3 Å². The van der Waals surface area contributed by atoms with Gasteiger partial charge in [0.25, 0.3) is 0 Å². The second kappa shape index (κ2) is 22.1. The molecule has 170 valence electrons. The average molecular weight is 430 g/mol. The molecule has 0 aromatic heterocycles. The van der Waals surface area contributed by atoms with Gasteiger partial charge in [-0.2, -0.15) is 0 Å². The maximum atomic E-state index is 10.6. The number of carboxylic acids is 2. The fraction of sp³-hybridized carbons (Fsp3) is 0.400. The zero-order valence-corrected chi connectivity index (χ0v) is 17.4. The Balaban J connectivity index is -0.000000495. The molecule has 0 aromatic carbocycles. The van der Waals surface area contributed by atoms with Crippen LogP contribution < -0.4 is 0 Å². The van der Waals surface area contributed by atoms with Crippen LogP contribution in [0.1, 0.15) is 13.8 Å². The van der Waals surface area contributed by atoms with Gasteiger partial charge in [0.05, 0.1) is 26.4 Å². The highest BCUT2D eigenvalue weighted by molar-refractivity contribution is 5.85. The van der Waals surface area contributed by atoms with E-state index in [1.807, 2.05) is 0 Å². The van der Waals surface area contributed by atoms with Gasteiger partial charge >= 0.3 is 23.9 Å². The van der Waals surface area contributed by atoms with E-state index in [-0.39, 0.29) is 24.4 Å². The molecule has 0 radical (unpaired) electrons. The summed E-state index contributed by atoms with van der Waals surface area (Å²) in [6, 6.07) is 0. The van der Waals surface area contributed by atoms with Gasteiger partial charge in [-0.15, -0.1) is 0 Å². The van der Waals surface area contributed by atoms with Crippen molar-refractivity contribution in [3.05, 3.63) is 49.6 Å². The van der Waals surface area contributed by atoms with E-state index >= 15 is 0 Å². The second-order valence-corrected chi connectivity index (χ2v) is 5.14. The lowest BCUT2D eigenvalue weighted by molar-refractivity contribution is -0.141. The first kappa shape index (κ1) is 31.5. The van der Waals surface area contributed by atoms with E-state index in [0.717, 1.165) is 12.2 Å². The third-order valence-corrected chi connectivity index (χ3v) is 2.38. The molecule has 10 heteroatoms. The lowest BCUT2D eigenvalue weighted by atomic mass is 10.4. The molecule has 2 N–H and O–H groups in total. The van der Waals surface area contributed by atoms with Crippen LogP contribution in [0.2, 0.25) is 0 Å². The maximum absolute atomic E-state index is 10.6. The van der Waals surface area contributed by atoms with Crippen LogP contribution in [0, 0.1) is 0 Å². The van der Waals surface area contributed by atoms with Crippen molar-refractivity contribution in [2.24, 2.45) is 0 Å². The van der Waals surface area contributed by atoms with Gasteiger partial charge in [-0.3, -0.25) is 0 Å².